The lowest BCUT2D eigenvalue weighted by molar-refractivity contribution is 0.0694. The van der Waals surface area contributed by atoms with Gasteiger partial charge in [-0.25, -0.2) is 14.5 Å². The zero-order chi connectivity index (χ0) is 16.2. The summed E-state index contributed by atoms with van der Waals surface area (Å²) in [4.78, 5) is 28.6. The largest absolute Gasteiger partial charge is 0.477 e. The third kappa shape index (κ3) is 3.24. The predicted octanol–water partition coefficient (Wildman–Crippen LogP) is 1.82. The van der Waals surface area contributed by atoms with Crippen LogP contribution in [-0.4, -0.2) is 30.8 Å². The Kier molecular flexibility index (Phi) is 3.84. The van der Waals surface area contributed by atoms with E-state index in [2.05, 4.69) is 15.1 Å². The van der Waals surface area contributed by atoms with Gasteiger partial charge in [0.25, 0.3) is 5.56 Å². The first-order valence-electron chi connectivity index (χ1n) is 6.74. The number of hydrogen-bond acceptors (Lipinski definition) is 4. The Labute approximate surface area is 130 Å². The van der Waals surface area contributed by atoms with Gasteiger partial charge in [-0.3, -0.25) is 4.79 Å². The second-order valence-corrected chi connectivity index (χ2v) is 4.70. The van der Waals surface area contributed by atoms with Crippen LogP contribution in [0.1, 0.15) is 21.7 Å². The van der Waals surface area contributed by atoms with Gasteiger partial charge >= 0.3 is 5.97 Å². The second kappa shape index (κ2) is 6.10. The first kappa shape index (κ1) is 14.5. The van der Waals surface area contributed by atoms with E-state index < -0.39 is 11.5 Å². The zero-order valence-corrected chi connectivity index (χ0v) is 11.9. The van der Waals surface area contributed by atoms with Crippen LogP contribution in [0.5, 0.6) is 0 Å². The number of aromatic nitrogens is 4. The lowest BCUT2D eigenvalue weighted by Gasteiger charge is -1.98. The van der Waals surface area contributed by atoms with Gasteiger partial charge < -0.3 is 10.1 Å². The minimum atomic E-state index is -1.31. The van der Waals surface area contributed by atoms with Crippen molar-refractivity contribution in [3.63, 3.8) is 0 Å². The summed E-state index contributed by atoms with van der Waals surface area (Å²) in [6.45, 7) is 0. The number of rotatable bonds is 4. The second-order valence-electron chi connectivity index (χ2n) is 4.70. The Bertz CT molecular complexity index is 926. The highest BCUT2D eigenvalue weighted by Gasteiger charge is 2.08. The van der Waals surface area contributed by atoms with Crippen LogP contribution in [0.25, 0.3) is 17.8 Å². The van der Waals surface area contributed by atoms with Crippen molar-refractivity contribution in [3.05, 3.63) is 76.2 Å². The molecule has 0 saturated heterocycles. The van der Waals surface area contributed by atoms with Crippen LogP contribution in [0.4, 0.5) is 0 Å². The first-order chi connectivity index (χ1) is 11.1. The van der Waals surface area contributed by atoms with Crippen molar-refractivity contribution in [2.45, 2.75) is 0 Å². The molecule has 0 atom stereocenters. The lowest BCUT2D eigenvalue weighted by Crippen LogP contribution is -2.18. The maximum atomic E-state index is 11.6. The SMILES string of the molecule is O=C(O)c1cnc(/C=C/c2cnn(-c3ccccc3)c2)[nH]c1=O. The number of aromatic carboxylic acids is 1. The molecule has 0 unspecified atom stereocenters. The first-order valence-corrected chi connectivity index (χ1v) is 6.74. The predicted molar refractivity (Wildman–Crippen MR) is 84.3 cm³/mol. The van der Waals surface area contributed by atoms with Crippen LogP contribution < -0.4 is 5.56 Å². The Morgan fingerprint density at radius 2 is 1.96 bits per heavy atom. The van der Waals surface area contributed by atoms with Gasteiger partial charge in [0.1, 0.15) is 11.4 Å². The molecule has 0 aliphatic carbocycles. The normalized spacial score (nSPS) is 11.0. The van der Waals surface area contributed by atoms with Crippen LogP contribution in [0.2, 0.25) is 0 Å². The average molecular weight is 308 g/mol. The molecule has 1 aromatic carbocycles. The molecule has 0 radical (unpaired) electrons. The maximum Gasteiger partial charge on any atom is 0.342 e. The van der Waals surface area contributed by atoms with Crippen molar-refractivity contribution in [1.82, 2.24) is 19.7 Å². The van der Waals surface area contributed by atoms with Gasteiger partial charge in [0.2, 0.25) is 0 Å². The number of benzene rings is 1. The topological polar surface area (TPSA) is 101 Å². The summed E-state index contributed by atoms with van der Waals surface area (Å²) in [5.41, 5.74) is 0.675. The fourth-order valence-electron chi connectivity index (χ4n) is 1.97. The molecule has 0 spiro atoms. The van der Waals surface area contributed by atoms with Crippen LogP contribution in [0.15, 0.2) is 53.7 Å². The number of carboxylic acid groups (broad SMARTS) is 1. The minimum Gasteiger partial charge on any atom is -0.477 e. The number of nitrogens with one attached hydrogen (secondary N) is 1. The molecule has 2 heterocycles. The van der Waals surface area contributed by atoms with E-state index in [9.17, 15) is 9.59 Å². The average Bonchev–Trinajstić information content (AvgIpc) is 3.02. The number of aromatic amines is 1. The summed E-state index contributed by atoms with van der Waals surface area (Å²) >= 11 is 0. The Morgan fingerprint density at radius 1 is 1.17 bits per heavy atom. The van der Waals surface area contributed by atoms with Gasteiger partial charge in [0, 0.05) is 18.0 Å². The van der Waals surface area contributed by atoms with E-state index in [1.165, 1.54) is 0 Å². The van der Waals surface area contributed by atoms with Gasteiger partial charge in [-0.2, -0.15) is 5.10 Å². The number of carboxylic acids is 1. The highest BCUT2D eigenvalue weighted by molar-refractivity contribution is 5.86. The van der Waals surface area contributed by atoms with E-state index in [1.807, 2.05) is 36.5 Å². The van der Waals surface area contributed by atoms with Crippen molar-refractivity contribution >= 4 is 18.1 Å². The van der Waals surface area contributed by atoms with E-state index in [0.717, 1.165) is 17.4 Å². The monoisotopic (exact) mass is 308 g/mol. The van der Waals surface area contributed by atoms with E-state index in [0.29, 0.717) is 0 Å². The summed E-state index contributed by atoms with van der Waals surface area (Å²) in [5, 5.41) is 13.0. The van der Waals surface area contributed by atoms with Crippen molar-refractivity contribution in [1.29, 1.82) is 0 Å². The highest BCUT2D eigenvalue weighted by Crippen LogP contribution is 2.09. The molecule has 3 aromatic rings. The molecule has 3 rings (SSSR count). The third-order valence-corrected chi connectivity index (χ3v) is 3.11. The van der Waals surface area contributed by atoms with Crippen LogP contribution >= 0.6 is 0 Å². The van der Waals surface area contributed by atoms with Crippen LogP contribution in [0, 0.1) is 0 Å². The number of H-pyrrole nitrogens is 1. The molecule has 2 N–H and O–H groups in total. The van der Waals surface area contributed by atoms with Gasteiger partial charge in [-0.05, 0) is 24.3 Å². The number of carbonyl (C=O) groups is 1. The van der Waals surface area contributed by atoms with Crippen molar-refractivity contribution in [3.8, 4) is 5.69 Å². The molecule has 7 heteroatoms. The molecular weight excluding hydrogens is 296 g/mol. The number of para-hydroxylation sites is 1. The van der Waals surface area contributed by atoms with E-state index in [1.54, 1.807) is 23.0 Å². The molecule has 2 aromatic heterocycles. The van der Waals surface area contributed by atoms with Gasteiger partial charge in [-0.15, -0.1) is 0 Å². The Balaban J connectivity index is 1.81. The van der Waals surface area contributed by atoms with Crippen molar-refractivity contribution in [2.75, 3.05) is 0 Å². The van der Waals surface area contributed by atoms with E-state index in [-0.39, 0.29) is 11.4 Å². The molecule has 7 nitrogen and oxygen atoms in total. The molecule has 0 aliphatic heterocycles. The molecule has 114 valence electrons. The molecule has 0 amide bonds. The maximum absolute atomic E-state index is 11.6. The summed E-state index contributed by atoms with van der Waals surface area (Å²) in [6, 6.07) is 9.64. The summed E-state index contributed by atoms with van der Waals surface area (Å²) in [7, 11) is 0. The summed E-state index contributed by atoms with van der Waals surface area (Å²) in [5.74, 6) is -1.04. The molecule has 0 fully saturated rings. The van der Waals surface area contributed by atoms with Crippen LogP contribution in [-0.2, 0) is 0 Å². The van der Waals surface area contributed by atoms with Gasteiger partial charge in [0.05, 0.1) is 11.9 Å². The molecule has 0 aliphatic rings. The quantitative estimate of drug-likeness (QED) is 0.765. The highest BCUT2D eigenvalue weighted by atomic mass is 16.4. The Morgan fingerprint density at radius 3 is 2.65 bits per heavy atom. The third-order valence-electron chi connectivity index (χ3n) is 3.11. The molecular formula is C16H12N4O3. The number of nitrogens with zero attached hydrogens (tertiary/aromatic N) is 3. The molecule has 0 saturated carbocycles. The van der Waals surface area contributed by atoms with Gasteiger partial charge in [-0.1, -0.05) is 18.2 Å². The Hall–Kier alpha value is -3.48. The summed E-state index contributed by atoms with van der Waals surface area (Å²) in [6.07, 6.45) is 7.85. The fourth-order valence-corrected chi connectivity index (χ4v) is 1.97. The zero-order valence-electron chi connectivity index (χ0n) is 11.9. The number of hydrogen-bond donors (Lipinski definition) is 2. The minimum absolute atomic E-state index is 0.271. The standard InChI is InChI=1S/C16H12N4O3/c21-15-13(16(22)23)9-17-14(19-15)7-6-11-8-18-20(10-11)12-4-2-1-3-5-12/h1-10H,(H,22,23)(H,17,19,21)/b7-6+. The molecule has 0 bridgehead atoms. The van der Waals surface area contributed by atoms with Gasteiger partial charge in [0.15, 0.2) is 0 Å². The fraction of sp³-hybridized carbons (Fsp3) is 0. The van der Waals surface area contributed by atoms with E-state index in [4.69, 9.17) is 5.11 Å². The van der Waals surface area contributed by atoms with E-state index >= 15 is 0 Å². The smallest absolute Gasteiger partial charge is 0.342 e. The van der Waals surface area contributed by atoms with Crippen molar-refractivity contribution < 1.29 is 9.90 Å². The van der Waals surface area contributed by atoms with Crippen LogP contribution in [0.3, 0.4) is 0 Å². The van der Waals surface area contributed by atoms with Crippen molar-refractivity contribution in [2.24, 2.45) is 0 Å². The summed E-state index contributed by atoms with van der Waals surface area (Å²) < 4.78 is 1.73. The lowest BCUT2D eigenvalue weighted by atomic mass is 10.3. The molecule has 23 heavy (non-hydrogen) atoms.